The molecule has 120 valence electrons. The minimum Gasteiger partial charge on any atom is -0.320 e. The summed E-state index contributed by atoms with van der Waals surface area (Å²) in [5.41, 5.74) is 8.88. The zero-order valence-electron chi connectivity index (χ0n) is 13.1. The van der Waals surface area contributed by atoms with Crippen LogP contribution < -0.4 is 11.1 Å². The van der Waals surface area contributed by atoms with Crippen LogP contribution in [0, 0.1) is 6.92 Å². The van der Waals surface area contributed by atoms with Gasteiger partial charge in [0.1, 0.15) is 0 Å². The molecule has 1 heterocycles. The predicted molar refractivity (Wildman–Crippen MR) is 95.8 cm³/mol. The van der Waals surface area contributed by atoms with Gasteiger partial charge >= 0.3 is 0 Å². The van der Waals surface area contributed by atoms with E-state index in [0.717, 1.165) is 29.0 Å². The van der Waals surface area contributed by atoms with Gasteiger partial charge in [0.25, 0.3) is 0 Å². The minimum absolute atomic E-state index is 0. The van der Waals surface area contributed by atoms with Gasteiger partial charge < -0.3 is 11.1 Å². The van der Waals surface area contributed by atoms with Gasteiger partial charge in [-0.3, -0.25) is 4.79 Å². The van der Waals surface area contributed by atoms with Crippen LogP contribution in [0.2, 0.25) is 0 Å². The first kappa shape index (κ1) is 18.6. The van der Waals surface area contributed by atoms with Crippen LogP contribution in [0.25, 0.3) is 11.3 Å². The Kier molecular flexibility index (Phi) is 7.00. The maximum absolute atomic E-state index is 11.6. The van der Waals surface area contributed by atoms with Crippen molar-refractivity contribution in [2.24, 2.45) is 5.73 Å². The van der Waals surface area contributed by atoms with Crippen LogP contribution >= 0.6 is 23.7 Å². The van der Waals surface area contributed by atoms with E-state index < -0.39 is 6.04 Å². The van der Waals surface area contributed by atoms with E-state index in [-0.39, 0.29) is 18.3 Å². The fourth-order valence-electron chi connectivity index (χ4n) is 2.05. The normalized spacial score (nSPS) is 11.6. The third-order valence-electron chi connectivity index (χ3n) is 3.21. The number of nitrogens with one attached hydrogen (secondary N) is 1. The van der Waals surface area contributed by atoms with Gasteiger partial charge in [-0.25, -0.2) is 4.98 Å². The van der Waals surface area contributed by atoms with Gasteiger partial charge in [0.05, 0.1) is 11.7 Å². The summed E-state index contributed by atoms with van der Waals surface area (Å²) in [6.07, 6.45) is 2.23. The summed E-state index contributed by atoms with van der Waals surface area (Å²) >= 11 is 1.47. The highest BCUT2D eigenvalue weighted by molar-refractivity contribution is 7.16. The van der Waals surface area contributed by atoms with E-state index in [0.29, 0.717) is 5.13 Å². The lowest BCUT2D eigenvalue weighted by atomic mass is 10.1. The second-order valence-corrected chi connectivity index (χ2v) is 6.35. The second kappa shape index (κ2) is 8.27. The van der Waals surface area contributed by atoms with Crippen molar-refractivity contribution >= 4 is 34.8 Å². The van der Waals surface area contributed by atoms with Crippen LogP contribution in [0.15, 0.2) is 24.3 Å². The molecule has 1 atom stereocenters. The highest BCUT2D eigenvalue weighted by Gasteiger charge is 2.13. The number of aryl methyl sites for hydroxylation is 2. The van der Waals surface area contributed by atoms with E-state index in [2.05, 4.69) is 41.5 Å². The number of nitrogens with two attached hydrogens (primary N) is 1. The average Bonchev–Trinajstić information content (AvgIpc) is 2.80. The van der Waals surface area contributed by atoms with Crippen molar-refractivity contribution in [1.82, 2.24) is 4.98 Å². The molecule has 22 heavy (non-hydrogen) atoms. The third-order valence-corrected chi connectivity index (χ3v) is 4.09. The van der Waals surface area contributed by atoms with Crippen molar-refractivity contribution in [3.05, 3.63) is 34.7 Å². The van der Waals surface area contributed by atoms with Crippen molar-refractivity contribution in [3.63, 3.8) is 0 Å². The Morgan fingerprint density at radius 3 is 2.55 bits per heavy atom. The maximum Gasteiger partial charge on any atom is 0.242 e. The SMILES string of the molecule is CCCc1ccc(-c2nc(NC(=O)[C@H](C)N)sc2C)cc1.Cl. The predicted octanol–water partition coefficient (Wildman–Crippen LogP) is 3.78. The van der Waals surface area contributed by atoms with Gasteiger partial charge in [-0.15, -0.1) is 23.7 Å². The molecule has 0 saturated heterocycles. The molecule has 2 aromatic rings. The highest BCUT2D eigenvalue weighted by Crippen LogP contribution is 2.30. The molecule has 1 amide bonds. The number of hydrogen-bond acceptors (Lipinski definition) is 4. The lowest BCUT2D eigenvalue weighted by Gasteiger charge is -2.04. The van der Waals surface area contributed by atoms with Crippen molar-refractivity contribution < 1.29 is 4.79 Å². The number of carbonyl (C=O) groups is 1. The number of nitrogens with zero attached hydrogens (tertiary/aromatic N) is 1. The van der Waals surface area contributed by atoms with Gasteiger partial charge in [-0.1, -0.05) is 37.6 Å². The summed E-state index contributed by atoms with van der Waals surface area (Å²) in [5.74, 6) is -0.214. The van der Waals surface area contributed by atoms with Crippen LogP contribution in [-0.2, 0) is 11.2 Å². The summed E-state index contributed by atoms with van der Waals surface area (Å²) in [6, 6.07) is 7.91. The summed E-state index contributed by atoms with van der Waals surface area (Å²) in [7, 11) is 0. The quantitative estimate of drug-likeness (QED) is 0.871. The molecular formula is C16H22ClN3OS. The number of carbonyl (C=O) groups excluding carboxylic acids is 1. The molecule has 6 heteroatoms. The van der Waals surface area contributed by atoms with Crippen LogP contribution in [0.3, 0.4) is 0 Å². The third kappa shape index (κ3) is 4.53. The number of aromatic nitrogens is 1. The molecule has 4 nitrogen and oxygen atoms in total. The van der Waals surface area contributed by atoms with Gasteiger partial charge in [0.2, 0.25) is 5.91 Å². The van der Waals surface area contributed by atoms with Crippen LogP contribution in [0.4, 0.5) is 5.13 Å². The molecule has 0 spiro atoms. The number of benzene rings is 1. The molecule has 1 aromatic heterocycles. The van der Waals surface area contributed by atoms with E-state index in [1.807, 2.05) is 6.92 Å². The molecule has 0 unspecified atom stereocenters. The monoisotopic (exact) mass is 339 g/mol. The Balaban J connectivity index is 0.00000242. The Hall–Kier alpha value is -1.43. The van der Waals surface area contributed by atoms with Gasteiger partial charge in [0.15, 0.2) is 5.13 Å². The van der Waals surface area contributed by atoms with E-state index in [9.17, 15) is 4.79 Å². The van der Waals surface area contributed by atoms with Gasteiger partial charge in [0, 0.05) is 10.4 Å². The standard InChI is InChI=1S/C16H21N3OS.ClH/c1-4-5-12-6-8-13(9-7-12)14-11(3)21-16(18-14)19-15(20)10(2)17;/h6-10H,4-5,17H2,1-3H3,(H,18,19,20);1H/t10-;/m0./s1. The van der Waals surface area contributed by atoms with Crippen molar-refractivity contribution in [3.8, 4) is 11.3 Å². The molecule has 0 bridgehead atoms. The minimum atomic E-state index is -0.536. The molecule has 0 saturated carbocycles. The summed E-state index contributed by atoms with van der Waals surface area (Å²) in [6.45, 7) is 5.84. The molecule has 0 fully saturated rings. The smallest absolute Gasteiger partial charge is 0.242 e. The first-order valence-corrected chi connectivity index (χ1v) is 7.96. The van der Waals surface area contributed by atoms with E-state index in [1.165, 1.54) is 16.9 Å². The number of anilines is 1. The molecule has 0 aliphatic carbocycles. The fraction of sp³-hybridized carbons (Fsp3) is 0.375. The molecule has 2 rings (SSSR count). The summed E-state index contributed by atoms with van der Waals surface area (Å²) in [5, 5.41) is 3.35. The molecule has 1 aromatic carbocycles. The lowest BCUT2D eigenvalue weighted by molar-refractivity contribution is -0.117. The number of thiazole rings is 1. The van der Waals surface area contributed by atoms with Gasteiger partial charge in [-0.2, -0.15) is 0 Å². The van der Waals surface area contributed by atoms with Crippen LogP contribution in [0.1, 0.15) is 30.7 Å². The van der Waals surface area contributed by atoms with Crippen molar-refractivity contribution in [2.45, 2.75) is 39.7 Å². The average molecular weight is 340 g/mol. The molecular weight excluding hydrogens is 318 g/mol. The largest absolute Gasteiger partial charge is 0.320 e. The first-order valence-electron chi connectivity index (χ1n) is 7.14. The molecule has 0 aliphatic rings. The summed E-state index contributed by atoms with van der Waals surface area (Å²) < 4.78 is 0. The zero-order chi connectivity index (χ0) is 15.4. The second-order valence-electron chi connectivity index (χ2n) is 5.15. The molecule has 0 aliphatic heterocycles. The van der Waals surface area contributed by atoms with Gasteiger partial charge in [-0.05, 0) is 25.8 Å². The Labute approximate surface area is 141 Å². The first-order chi connectivity index (χ1) is 10.0. The molecule has 3 N–H and O–H groups in total. The van der Waals surface area contributed by atoms with Crippen LogP contribution in [-0.4, -0.2) is 16.9 Å². The topological polar surface area (TPSA) is 68.0 Å². The van der Waals surface area contributed by atoms with Crippen LogP contribution in [0.5, 0.6) is 0 Å². The highest BCUT2D eigenvalue weighted by atomic mass is 35.5. The number of halogens is 1. The summed E-state index contributed by atoms with van der Waals surface area (Å²) in [4.78, 5) is 17.2. The Morgan fingerprint density at radius 2 is 2.00 bits per heavy atom. The lowest BCUT2D eigenvalue weighted by Crippen LogP contribution is -2.32. The van der Waals surface area contributed by atoms with E-state index in [1.54, 1.807) is 6.92 Å². The Morgan fingerprint density at radius 1 is 1.36 bits per heavy atom. The van der Waals surface area contributed by atoms with Crippen molar-refractivity contribution in [2.75, 3.05) is 5.32 Å². The Bertz CT molecular complexity index is 623. The fourth-order valence-corrected chi connectivity index (χ4v) is 2.89. The molecule has 0 radical (unpaired) electrons. The zero-order valence-corrected chi connectivity index (χ0v) is 14.7. The number of rotatable bonds is 5. The van der Waals surface area contributed by atoms with E-state index >= 15 is 0 Å². The number of hydrogen-bond donors (Lipinski definition) is 2. The maximum atomic E-state index is 11.6. The van der Waals surface area contributed by atoms with Crippen molar-refractivity contribution in [1.29, 1.82) is 0 Å². The number of amides is 1. The van der Waals surface area contributed by atoms with E-state index in [4.69, 9.17) is 5.73 Å².